The van der Waals surface area contributed by atoms with Crippen LogP contribution in [0.25, 0.3) is 10.9 Å². The fourth-order valence-electron chi connectivity index (χ4n) is 3.60. The van der Waals surface area contributed by atoms with E-state index < -0.39 is 0 Å². The van der Waals surface area contributed by atoms with Crippen LogP contribution in [0.15, 0.2) is 18.2 Å². The molecule has 0 unspecified atom stereocenters. The van der Waals surface area contributed by atoms with Crippen LogP contribution in [0.4, 0.5) is 0 Å². The maximum atomic E-state index is 12.0. The second-order valence-corrected chi connectivity index (χ2v) is 7.37. The topological polar surface area (TPSA) is 42.1 Å². The van der Waals surface area contributed by atoms with E-state index in [4.69, 9.17) is 4.74 Å². The Hall–Kier alpha value is -1.42. The molecule has 1 aromatic heterocycles. The zero-order chi connectivity index (χ0) is 14.9. The lowest BCUT2D eigenvalue weighted by Gasteiger charge is -2.17. The lowest BCUT2D eigenvalue weighted by Crippen LogP contribution is -2.14. The maximum absolute atomic E-state index is 12.0. The third-order valence-corrected chi connectivity index (χ3v) is 5.65. The van der Waals surface area contributed by atoms with Crippen LogP contribution in [0.5, 0.6) is 5.75 Å². The molecule has 4 rings (SSSR count). The molecule has 0 bridgehead atoms. The van der Waals surface area contributed by atoms with Gasteiger partial charge < -0.3 is 9.72 Å². The number of hydrogen-bond donors (Lipinski definition) is 1. The van der Waals surface area contributed by atoms with E-state index in [1.54, 1.807) is 0 Å². The first-order valence-electron chi connectivity index (χ1n) is 8.29. The van der Waals surface area contributed by atoms with E-state index in [0.717, 1.165) is 34.5 Å². The van der Waals surface area contributed by atoms with Gasteiger partial charge in [0.2, 0.25) is 5.12 Å². The van der Waals surface area contributed by atoms with E-state index in [1.165, 1.54) is 55.9 Å². The Bertz CT molecular complexity index is 698. The Kier molecular flexibility index (Phi) is 3.87. The Morgan fingerprint density at radius 3 is 2.77 bits per heavy atom. The van der Waals surface area contributed by atoms with Gasteiger partial charge in [0, 0.05) is 16.7 Å². The minimum absolute atomic E-state index is 0.170. The first-order chi connectivity index (χ1) is 10.8. The number of carbonyl (C=O) groups is 1. The molecule has 0 saturated heterocycles. The number of nitrogens with one attached hydrogen (secondary N) is 1. The maximum Gasteiger partial charge on any atom is 0.235 e. The molecule has 3 nitrogen and oxygen atoms in total. The number of rotatable bonds is 2. The average molecular weight is 315 g/mol. The van der Waals surface area contributed by atoms with Crippen LogP contribution in [0.2, 0.25) is 0 Å². The minimum atomic E-state index is 0.170. The van der Waals surface area contributed by atoms with Crippen LogP contribution in [-0.2, 0) is 6.42 Å². The molecule has 2 heterocycles. The van der Waals surface area contributed by atoms with Gasteiger partial charge in [0.05, 0.1) is 11.8 Å². The summed E-state index contributed by atoms with van der Waals surface area (Å²) in [4.78, 5) is 15.3. The third kappa shape index (κ3) is 2.65. The van der Waals surface area contributed by atoms with Gasteiger partial charge >= 0.3 is 0 Å². The smallest absolute Gasteiger partial charge is 0.235 e. The quantitative estimate of drug-likeness (QED) is 0.817. The predicted octanol–water partition coefficient (Wildman–Crippen LogP) is 4.70. The molecule has 1 fully saturated rings. The molecule has 4 heteroatoms. The average Bonchev–Trinajstić information content (AvgIpc) is 2.71. The molecular formula is C18H21NO2S. The number of carbonyl (C=O) groups excluding carboxylic acids is 1. The van der Waals surface area contributed by atoms with Crippen LogP contribution in [0.1, 0.15) is 54.6 Å². The number of benzene rings is 1. The summed E-state index contributed by atoms with van der Waals surface area (Å²) in [5, 5.41) is 1.33. The van der Waals surface area contributed by atoms with E-state index in [2.05, 4.69) is 17.1 Å². The summed E-state index contributed by atoms with van der Waals surface area (Å²) >= 11 is 1.41. The Labute approximate surface area is 134 Å². The van der Waals surface area contributed by atoms with Crippen molar-refractivity contribution in [3.63, 3.8) is 0 Å². The third-order valence-electron chi connectivity index (χ3n) is 4.77. The highest BCUT2D eigenvalue weighted by Gasteiger charge is 2.23. The van der Waals surface area contributed by atoms with Crippen molar-refractivity contribution in [2.24, 2.45) is 0 Å². The lowest BCUT2D eigenvalue weighted by atomic mass is 10.1. The second-order valence-electron chi connectivity index (χ2n) is 6.30. The molecule has 2 aromatic rings. The van der Waals surface area contributed by atoms with Gasteiger partial charge in [0.1, 0.15) is 5.75 Å². The summed E-state index contributed by atoms with van der Waals surface area (Å²) in [7, 11) is 0. The lowest BCUT2D eigenvalue weighted by molar-refractivity contribution is 0.108. The van der Waals surface area contributed by atoms with E-state index in [1.807, 2.05) is 6.07 Å². The fraction of sp³-hybridized carbons (Fsp3) is 0.500. The van der Waals surface area contributed by atoms with Crippen LogP contribution < -0.4 is 4.74 Å². The van der Waals surface area contributed by atoms with Crippen molar-refractivity contribution >= 4 is 27.8 Å². The molecule has 1 N–H and O–H groups in total. The Morgan fingerprint density at radius 1 is 1.14 bits per heavy atom. The molecule has 0 radical (unpaired) electrons. The largest absolute Gasteiger partial charge is 0.490 e. The van der Waals surface area contributed by atoms with Crippen molar-refractivity contribution in [3.05, 3.63) is 29.5 Å². The zero-order valence-electron chi connectivity index (χ0n) is 12.7. The SMILES string of the molecule is O=C1SCCc2c1[nH]c1ccc(OC3CCCCCC3)cc21. The summed E-state index contributed by atoms with van der Waals surface area (Å²) < 4.78 is 6.23. The molecule has 1 saturated carbocycles. The highest BCUT2D eigenvalue weighted by atomic mass is 32.2. The number of fused-ring (bicyclic) bond motifs is 3. The molecule has 0 atom stereocenters. The van der Waals surface area contributed by atoms with Gasteiger partial charge in [-0.15, -0.1) is 0 Å². The van der Waals surface area contributed by atoms with Crippen molar-refractivity contribution in [2.75, 3.05) is 5.75 Å². The van der Waals surface area contributed by atoms with Gasteiger partial charge in [0.15, 0.2) is 0 Å². The summed E-state index contributed by atoms with van der Waals surface area (Å²) in [6.07, 6.45) is 8.87. The highest BCUT2D eigenvalue weighted by molar-refractivity contribution is 8.14. The number of hydrogen-bond acceptors (Lipinski definition) is 3. The molecule has 0 amide bonds. The van der Waals surface area contributed by atoms with Crippen molar-refractivity contribution in [1.29, 1.82) is 0 Å². The standard InChI is InChI=1S/C18H21NO2S/c20-18-17-14(9-10-22-18)15-11-13(7-8-16(15)19-17)21-12-5-3-1-2-4-6-12/h7-8,11-12,19H,1-6,9-10H2. The number of H-pyrrole nitrogens is 1. The molecular weight excluding hydrogens is 294 g/mol. The van der Waals surface area contributed by atoms with Gasteiger partial charge in [0.25, 0.3) is 0 Å². The second kappa shape index (κ2) is 5.99. The van der Waals surface area contributed by atoms with Gasteiger partial charge in [-0.2, -0.15) is 0 Å². The van der Waals surface area contributed by atoms with E-state index in [0.29, 0.717) is 6.10 Å². The van der Waals surface area contributed by atoms with Crippen LogP contribution >= 0.6 is 11.8 Å². The monoisotopic (exact) mass is 315 g/mol. The first kappa shape index (κ1) is 14.2. The van der Waals surface area contributed by atoms with Gasteiger partial charge in [-0.25, -0.2) is 0 Å². The van der Waals surface area contributed by atoms with Crippen LogP contribution in [0, 0.1) is 0 Å². The number of aromatic nitrogens is 1. The fourth-order valence-corrected chi connectivity index (χ4v) is 4.41. The van der Waals surface area contributed by atoms with Crippen molar-refractivity contribution in [1.82, 2.24) is 4.98 Å². The van der Waals surface area contributed by atoms with Gasteiger partial charge in [-0.3, -0.25) is 4.79 Å². The number of aromatic amines is 1. The number of thioether (sulfide) groups is 1. The summed E-state index contributed by atoms with van der Waals surface area (Å²) in [6, 6.07) is 6.21. The molecule has 0 spiro atoms. The van der Waals surface area contributed by atoms with Crippen LogP contribution in [0.3, 0.4) is 0 Å². The van der Waals surface area contributed by atoms with Gasteiger partial charge in [-0.1, -0.05) is 24.6 Å². The predicted molar refractivity (Wildman–Crippen MR) is 90.9 cm³/mol. The summed E-state index contributed by atoms with van der Waals surface area (Å²) in [6.45, 7) is 0. The summed E-state index contributed by atoms with van der Waals surface area (Å²) in [5.41, 5.74) is 3.01. The molecule has 1 aliphatic heterocycles. The van der Waals surface area contributed by atoms with E-state index >= 15 is 0 Å². The van der Waals surface area contributed by atoms with E-state index in [9.17, 15) is 4.79 Å². The first-order valence-corrected chi connectivity index (χ1v) is 9.28. The van der Waals surface area contributed by atoms with Crippen molar-refractivity contribution in [2.45, 2.75) is 51.0 Å². The van der Waals surface area contributed by atoms with Gasteiger partial charge in [-0.05, 0) is 55.9 Å². The summed E-state index contributed by atoms with van der Waals surface area (Å²) in [5.74, 6) is 1.83. The highest BCUT2D eigenvalue weighted by Crippen LogP contribution is 2.33. The van der Waals surface area contributed by atoms with E-state index in [-0.39, 0.29) is 5.12 Å². The van der Waals surface area contributed by atoms with Crippen molar-refractivity contribution in [3.8, 4) is 5.75 Å². The Balaban J connectivity index is 1.64. The van der Waals surface area contributed by atoms with Crippen LogP contribution in [-0.4, -0.2) is 22.0 Å². The normalized spacial score (nSPS) is 19.9. The number of aryl methyl sites for hydroxylation is 1. The number of ether oxygens (including phenoxy) is 1. The zero-order valence-corrected chi connectivity index (χ0v) is 13.5. The molecule has 2 aliphatic rings. The Morgan fingerprint density at radius 2 is 1.95 bits per heavy atom. The molecule has 22 heavy (non-hydrogen) atoms. The molecule has 1 aliphatic carbocycles. The van der Waals surface area contributed by atoms with Crippen molar-refractivity contribution < 1.29 is 9.53 Å². The minimum Gasteiger partial charge on any atom is -0.490 e. The molecule has 1 aromatic carbocycles. The molecule has 116 valence electrons.